The van der Waals surface area contributed by atoms with E-state index in [9.17, 15) is 14.9 Å². The third-order valence-corrected chi connectivity index (χ3v) is 8.28. The Kier molecular flexibility index (Phi) is 7.57. The number of hydrogen-bond donors (Lipinski definition) is 2. The Labute approximate surface area is 191 Å². The summed E-state index contributed by atoms with van der Waals surface area (Å²) in [6, 6.07) is 2.12. The number of carbonyl (C=O) groups excluding carboxylic acids is 2. The number of nitrogens with two attached hydrogens (primary N) is 1. The number of hydrogen-bond acceptors (Lipinski definition) is 5. The van der Waals surface area contributed by atoms with Gasteiger partial charge in [-0.1, -0.05) is 44.9 Å². The van der Waals surface area contributed by atoms with Crippen molar-refractivity contribution in [1.82, 2.24) is 15.1 Å². The van der Waals surface area contributed by atoms with E-state index in [0.29, 0.717) is 44.7 Å². The normalized spacial score (nSPS) is 31.3. The summed E-state index contributed by atoms with van der Waals surface area (Å²) in [5.74, 6) is -0.0587. The topological polar surface area (TPSA) is 112 Å². The molecule has 2 saturated carbocycles. The van der Waals surface area contributed by atoms with Crippen molar-refractivity contribution in [2.24, 2.45) is 17.6 Å². The molecule has 4 fully saturated rings. The van der Waals surface area contributed by atoms with Gasteiger partial charge < -0.3 is 20.7 Å². The molecule has 32 heavy (non-hydrogen) atoms. The van der Waals surface area contributed by atoms with Crippen molar-refractivity contribution >= 4 is 11.9 Å². The van der Waals surface area contributed by atoms with Gasteiger partial charge in [0.25, 0.3) is 0 Å². The highest BCUT2D eigenvalue weighted by Gasteiger charge is 2.45. The second-order valence-electron chi connectivity index (χ2n) is 10.4. The number of ether oxygens (including phenoxy) is 1. The molecule has 2 aliphatic carbocycles. The first-order valence-electron chi connectivity index (χ1n) is 12.6. The molecule has 8 nitrogen and oxygen atoms in total. The zero-order chi connectivity index (χ0) is 22.6. The van der Waals surface area contributed by atoms with Crippen LogP contribution in [0.4, 0.5) is 4.79 Å². The van der Waals surface area contributed by atoms with E-state index in [1.54, 1.807) is 4.90 Å². The maximum absolute atomic E-state index is 13.7. The quantitative estimate of drug-likeness (QED) is 0.652. The first-order chi connectivity index (χ1) is 15.5. The second kappa shape index (κ2) is 10.4. The van der Waals surface area contributed by atoms with E-state index in [0.717, 1.165) is 25.8 Å². The van der Waals surface area contributed by atoms with Crippen molar-refractivity contribution in [3.8, 4) is 6.07 Å². The van der Waals surface area contributed by atoms with Gasteiger partial charge in [0.05, 0.1) is 31.2 Å². The molecular weight excluding hydrogens is 406 g/mol. The summed E-state index contributed by atoms with van der Waals surface area (Å²) in [4.78, 5) is 29.9. The van der Waals surface area contributed by atoms with Crippen molar-refractivity contribution in [3.63, 3.8) is 0 Å². The van der Waals surface area contributed by atoms with Crippen LogP contribution >= 0.6 is 0 Å². The summed E-state index contributed by atoms with van der Waals surface area (Å²) in [7, 11) is 0. The van der Waals surface area contributed by atoms with E-state index in [1.165, 1.54) is 44.9 Å². The molecule has 3 N–H and O–H groups in total. The maximum Gasteiger partial charge on any atom is 0.315 e. The highest BCUT2D eigenvalue weighted by atomic mass is 16.5. The summed E-state index contributed by atoms with van der Waals surface area (Å²) >= 11 is 0. The molecule has 2 aliphatic heterocycles. The predicted molar refractivity (Wildman–Crippen MR) is 121 cm³/mol. The number of nitrogens with zero attached hydrogens (tertiary/aromatic N) is 3. The van der Waals surface area contributed by atoms with E-state index in [4.69, 9.17) is 10.5 Å². The van der Waals surface area contributed by atoms with E-state index in [-0.39, 0.29) is 11.9 Å². The molecule has 8 heteroatoms. The van der Waals surface area contributed by atoms with Crippen molar-refractivity contribution in [2.75, 3.05) is 32.8 Å². The van der Waals surface area contributed by atoms with Crippen LogP contribution in [0.25, 0.3) is 0 Å². The van der Waals surface area contributed by atoms with Crippen LogP contribution in [0, 0.1) is 23.2 Å². The lowest BCUT2D eigenvalue weighted by molar-refractivity contribution is -0.131. The van der Waals surface area contributed by atoms with E-state index < -0.39 is 17.5 Å². The van der Waals surface area contributed by atoms with Gasteiger partial charge in [-0.05, 0) is 31.6 Å². The molecule has 2 saturated heterocycles. The molecule has 0 aromatic carbocycles. The lowest BCUT2D eigenvalue weighted by Gasteiger charge is -2.41. The lowest BCUT2D eigenvalue weighted by atomic mass is 9.79. The van der Waals surface area contributed by atoms with Crippen LogP contribution in [-0.4, -0.2) is 72.2 Å². The molecule has 3 atom stereocenters. The molecule has 4 aliphatic rings. The third-order valence-electron chi connectivity index (χ3n) is 8.28. The van der Waals surface area contributed by atoms with Crippen molar-refractivity contribution in [1.29, 1.82) is 5.26 Å². The number of amides is 3. The van der Waals surface area contributed by atoms with Gasteiger partial charge in [-0.3, -0.25) is 9.69 Å². The summed E-state index contributed by atoms with van der Waals surface area (Å²) in [6.45, 7) is 2.62. The average molecular weight is 446 g/mol. The van der Waals surface area contributed by atoms with Crippen molar-refractivity contribution in [2.45, 2.75) is 88.3 Å². The Hall–Kier alpha value is -1.85. The smallest absolute Gasteiger partial charge is 0.315 e. The molecule has 178 valence electrons. The van der Waals surface area contributed by atoms with E-state index in [1.807, 2.05) is 0 Å². The number of nitrogens with one attached hydrogen (secondary N) is 1. The van der Waals surface area contributed by atoms with E-state index >= 15 is 0 Å². The van der Waals surface area contributed by atoms with Crippen molar-refractivity contribution < 1.29 is 14.3 Å². The van der Waals surface area contributed by atoms with Crippen LogP contribution in [0.2, 0.25) is 0 Å². The van der Waals surface area contributed by atoms with Gasteiger partial charge in [0, 0.05) is 25.7 Å². The standard InChI is InChI=1S/C24H39N5O3/c25-16-24(10-11-28(17-24)19-8-4-5-9-19)27-22(30)20(14-18-6-2-1-3-7-18)21-15-32-13-12-29(21)23(26)31/h18-21H,1-15,17H2,(H2,26,31)(H,27,30). The van der Waals surface area contributed by atoms with Crippen LogP contribution in [-0.2, 0) is 9.53 Å². The molecule has 3 unspecified atom stereocenters. The number of carbonyl (C=O) groups is 2. The number of morpholine rings is 1. The minimum atomic E-state index is -0.850. The van der Waals surface area contributed by atoms with Crippen LogP contribution in [0.1, 0.15) is 70.6 Å². The fourth-order valence-electron chi connectivity index (χ4n) is 6.42. The minimum absolute atomic E-state index is 0.118. The number of primary amides is 1. The molecule has 0 bridgehead atoms. The van der Waals surface area contributed by atoms with Crippen LogP contribution in [0.5, 0.6) is 0 Å². The number of urea groups is 1. The fourth-order valence-corrected chi connectivity index (χ4v) is 6.42. The molecule has 4 rings (SSSR count). The maximum atomic E-state index is 13.7. The second-order valence-corrected chi connectivity index (χ2v) is 10.4. The van der Waals surface area contributed by atoms with Gasteiger partial charge in [0.15, 0.2) is 0 Å². The van der Waals surface area contributed by atoms with Gasteiger partial charge in [0.1, 0.15) is 5.54 Å². The Balaban J connectivity index is 1.49. The third kappa shape index (κ3) is 5.20. The average Bonchev–Trinajstić information content (AvgIpc) is 3.49. The summed E-state index contributed by atoms with van der Waals surface area (Å²) in [6.07, 6.45) is 12.1. The number of likely N-dealkylation sites (tertiary alicyclic amines) is 1. The molecule has 0 aromatic rings. The van der Waals surface area contributed by atoms with Gasteiger partial charge in [-0.15, -0.1) is 0 Å². The largest absolute Gasteiger partial charge is 0.377 e. The van der Waals surface area contributed by atoms with Gasteiger partial charge in [-0.2, -0.15) is 5.26 Å². The predicted octanol–water partition coefficient (Wildman–Crippen LogP) is 2.38. The Morgan fingerprint density at radius 1 is 1.12 bits per heavy atom. The first kappa shape index (κ1) is 23.3. The minimum Gasteiger partial charge on any atom is -0.377 e. The lowest BCUT2D eigenvalue weighted by Crippen LogP contribution is -2.60. The molecule has 2 heterocycles. The summed E-state index contributed by atoms with van der Waals surface area (Å²) in [5.41, 5.74) is 4.82. The molecule has 0 aromatic heterocycles. The summed E-state index contributed by atoms with van der Waals surface area (Å²) < 4.78 is 5.69. The molecule has 0 radical (unpaired) electrons. The van der Waals surface area contributed by atoms with Crippen LogP contribution in [0.15, 0.2) is 0 Å². The van der Waals surface area contributed by atoms with Crippen LogP contribution in [0.3, 0.4) is 0 Å². The zero-order valence-corrected chi connectivity index (χ0v) is 19.3. The Morgan fingerprint density at radius 2 is 1.84 bits per heavy atom. The monoisotopic (exact) mass is 445 g/mol. The SMILES string of the molecule is N#CC1(NC(=O)C(CC2CCCCC2)C2COCCN2C(N)=O)CCN(C2CCCC2)C1. The molecule has 0 spiro atoms. The Bertz CT molecular complexity index is 713. The number of nitriles is 1. The zero-order valence-electron chi connectivity index (χ0n) is 19.3. The van der Waals surface area contributed by atoms with Crippen LogP contribution < -0.4 is 11.1 Å². The van der Waals surface area contributed by atoms with Gasteiger partial charge in [0.2, 0.25) is 5.91 Å². The van der Waals surface area contributed by atoms with Gasteiger partial charge >= 0.3 is 6.03 Å². The van der Waals surface area contributed by atoms with Gasteiger partial charge in [-0.25, -0.2) is 4.79 Å². The molecular formula is C24H39N5O3. The fraction of sp³-hybridized carbons (Fsp3) is 0.875. The van der Waals surface area contributed by atoms with E-state index in [2.05, 4.69) is 16.3 Å². The van der Waals surface area contributed by atoms with Crippen molar-refractivity contribution in [3.05, 3.63) is 0 Å². The first-order valence-corrected chi connectivity index (χ1v) is 12.6. The highest BCUT2D eigenvalue weighted by molar-refractivity contribution is 5.82. The molecule has 3 amide bonds. The number of rotatable bonds is 6. The Morgan fingerprint density at radius 3 is 2.53 bits per heavy atom. The highest BCUT2D eigenvalue weighted by Crippen LogP contribution is 2.34. The summed E-state index contributed by atoms with van der Waals surface area (Å²) in [5, 5.41) is 13.2.